The van der Waals surface area contributed by atoms with Crippen LogP contribution >= 0.6 is 34.7 Å². The SMILES string of the molecule is Cc1ccc(-n2c(SCc3nc(C(=O)NCCN4CCCCC4)cs3)nnc2-c2ccccc2Cl)cc1. The van der Waals surface area contributed by atoms with Gasteiger partial charge in [0.2, 0.25) is 0 Å². The molecule has 2 aromatic carbocycles. The summed E-state index contributed by atoms with van der Waals surface area (Å²) in [4.78, 5) is 19.6. The molecule has 0 aliphatic carbocycles. The van der Waals surface area contributed by atoms with E-state index in [1.165, 1.54) is 47.9 Å². The van der Waals surface area contributed by atoms with Crippen molar-refractivity contribution in [3.05, 3.63) is 75.2 Å². The molecule has 1 saturated heterocycles. The van der Waals surface area contributed by atoms with Crippen LogP contribution in [-0.4, -0.2) is 56.7 Å². The quantitative estimate of drug-likeness (QED) is 0.262. The summed E-state index contributed by atoms with van der Waals surface area (Å²) in [6, 6.07) is 15.9. The number of hydrogen-bond acceptors (Lipinski definition) is 7. The van der Waals surface area contributed by atoms with Gasteiger partial charge in [0.1, 0.15) is 10.7 Å². The molecular formula is C27H29ClN6OS2. The highest BCUT2D eigenvalue weighted by Gasteiger charge is 2.19. The number of thioether (sulfide) groups is 1. The van der Waals surface area contributed by atoms with Crippen molar-refractivity contribution in [2.75, 3.05) is 26.2 Å². The molecule has 1 aliphatic heterocycles. The van der Waals surface area contributed by atoms with Gasteiger partial charge in [-0.15, -0.1) is 21.5 Å². The number of aromatic nitrogens is 4. The largest absolute Gasteiger partial charge is 0.349 e. The average Bonchev–Trinajstić information content (AvgIpc) is 3.56. The number of nitrogens with zero attached hydrogens (tertiary/aromatic N) is 5. The van der Waals surface area contributed by atoms with Crippen molar-refractivity contribution >= 4 is 40.6 Å². The van der Waals surface area contributed by atoms with Crippen molar-refractivity contribution in [2.24, 2.45) is 0 Å². The van der Waals surface area contributed by atoms with Gasteiger partial charge in [0, 0.05) is 29.7 Å². The lowest BCUT2D eigenvalue weighted by Crippen LogP contribution is -2.37. The number of rotatable bonds is 9. The molecule has 1 amide bonds. The second-order valence-electron chi connectivity index (χ2n) is 9.03. The van der Waals surface area contributed by atoms with Crippen molar-refractivity contribution in [1.82, 2.24) is 30.0 Å². The van der Waals surface area contributed by atoms with Crippen LogP contribution in [0.25, 0.3) is 17.1 Å². The normalized spacial score (nSPS) is 14.1. The summed E-state index contributed by atoms with van der Waals surface area (Å²) in [5.74, 6) is 1.15. The van der Waals surface area contributed by atoms with Crippen LogP contribution in [0.2, 0.25) is 5.02 Å². The van der Waals surface area contributed by atoms with Gasteiger partial charge in [-0.1, -0.05) is 59.6 Å². The number of carbonyl (C=O) groups is 1. The van der Waals surface area contributed by atoms with Gasteiger partial charge in [0.25, 0.3) is 5.91 Å². The number of thiazole rings is 1. The Morgan fingerprint density at radius 1 is 1.08 bits per heavy atom. The minimum atomic E-state index is -0.117. The van der Waals surface area contributed by atoms with E-state index in [9.17, 15) is 4.79 Å². The van der Waals surface area contributed by atoms with E-state index in [1.54, 1.807) is 0 Å². The molecule has 7 nitrogen and oxygen atoms in total. The predicted octanol–water partition coefficient (Wildman–Crippen LogP) is 5.86. The molecule has 10 heteroatoms. The molecule has 4 aromatic rings. The van der Waals surface area contributed by atoms with Crippen LogP contribution in [0.3, 0.4) is 0 Å². The van der Waals surface area contributed by atoms with E-state index in [-0.39, 0.29) is 5.91 Å². The van der Waals surface area contributed by atoms with Crippen LogP contribution in [0.4, 0.5) is 0 Å². The number of piperidine rings is 1. The van der Waals surface area contributed by atoms with Crippen molar-refractivity contribution in [3.8, 4) is 17.1 Å². The number of amides is 1. The third-order valence-electron chi connectivity index (χ3n) is 6.31. The maximum absolute atomic E-state index is 12.6. The molecule has 0 radical (unpaired) electrons. The summed E-state index contributed by atoms with van der Waals surface area (Å²) in [6.07, 6.45) is 3.81. The van der Waals surface area contributed by atoms with Gasteiger partial charge in [-0.3, -0.25) is 9.36 Å². The number of aryl methyl sites for hydroxylation is 1. The zero-order chi connectivity index (χ0) is 25.6. The Labute approximate surface area is 230 Å². The Hall–Kier alpha value is -2.72. The summed E-state index contributed by atoms with van der Waals surface area (Å²) < 4.78 is 2.02. The number of likely N-dealkylation sites (tertiary alicyclic amines) is 1. The van der Waals surface area contributed by atoms with Gasteiger partial charge in [-0.05, 0) is 57.1 Å². The fourth-order valence-electron chi connectivity index (χ4n) is 4.32. The van der Waals surface area contributed by atoms with Crippen molar-refractivity contribution in [1.29, 1.82) is 0 Å². The van der Waals surface area contributed by atoms with Crippen LogP contribution in [0.15, 0.2) is 59.1 Å². The topological polar surface area (TPSA) is 75.9 Å². The summed E-state index contributed by atoms with van der Waals surface area (Å²) in [6.45, 7) is 5.84. The van der Waals surface area contributed by atoms with Gasteiger partial charge >= 0.3 is 0 Å². The Morgan fingerprint density at radius 3 is 2.65 bits per heavy atom. The van der Waals surface area contributed by atoms with E-state index in [0.717, 1.165) is 41.0 Å². The molecule has 0 spiro atoms. The predicted molar refractivity (Wildman–Crippen MR) is 151 cm³/mol. The van der Waals surface area contributed by atoms with Crippen LogP contribution in [0.5, 0.6) is 0 Å². The molecule has 0 unspecified atom stereocenters. The van der Waals surface area contributed by atoms with E-state index < -0.39 is 0 Å². The lowest BCUT2D eigenvalue weighted by molar-refractivity contribution is 0.0942. The fourth-order valence-corrected chi connectivity index (χ4v) is 6.28. The highest BCUT2D eigenvalue weighted by atomic mass is 35.5. The maximum atomic E-state index is 12.6. The monoisotopic (exact) mass is 552 g/mol. The fraction of sp³-hybridized carbons (Fsp3) is 0.333. The van der Waals surface area contributed by atoms with Crippen molar-refractivity contribution in [3.63, 3.8) is 0 Å². The highest BCUT2D eigenvalue weighted by molar-refractivity contribution is 7.98. The van der Waals surface area contributed by atoms with Crippen LogP contribution in [0.1, 0.15) is 40.3 Å². The minimum Gasteiger partial charge on any atom is -0.349 e. The lowest BCUT2D eigenvalue weighted by atomic mass is 10.1. The third-order valence-corrected chi connectivity index (χ3v) is 8.61. The zero-order valence-corrected chi connectivity index (χ0v) is 23.1. The van der Waals surface area contributed by atoms with E-state index in [0.29, 0.717) is 28.8 Å². The molecule has 5 rings (SSSR count). The Kier molecular flexibility index (Phi) is 8.55. The molecule has 1 N–H and O–H groups in total. The first-order valence-electron chi connectivity index (χ1n) is 12.4. The first-order chi connectivity index (χ1) is 18.1. The van der Waals surface area contributed by atoms with E-state index in [1.807, 2.05) is 34.2 Å². The van der Waals surface area contributed by atoms with E-state index in [4.69, 9.17) is 11.6 Å². The third kappa shape index (κ3) is 6.41. The molecule has 37 heavy (non-hydrogen) atoms. The number of benzene rings is 2. The van der Waals surface area contributed by atoms with Crippen LogP contribution < -0.4 is 5.32 Å². The second-order valence-corrected chi connectivity index (χ2v) is 11.3. The molecule has 1 aliphatic rings. The van der Waals surface area contributed by atoms with Gasteiger partial charge in [-0.25, -0.2) is 4.98 Å². The van der Waals surface area contributed by atoms with Crippen molar-refractivity contribution in [2.45, 2.75) is 37.1 Å². The second kappa shape index (κ2) is 12.2. The first-order valence-corrected chi connectivity index (χ1v) is 14.7. The zero-order valence-electron chi connectivity index (χ0n) is 20.7. The van der Waals surface area contributed by atoms with E-state index >= 15 is 0 Å². The minimum absolute atomic E-state index is 0.117. The van der Waals surface area contributed by atoms with Gasteiger partial charge in [-0.2, -0.15) is 0 Å². The molecular weight excluding hydrogens is 524 g/mol. The molecule has 3 heterocycles. The number of hydrogen-bond donors (Lipinski definition) is 1. The molecule has 0 atom stereocenters. The Morgan fingerprint density at radius 2 is 1.86 bits per heavy atom. The maximum Gasteiger partial charge on any atom is 0.270 e. The number of nitrogens with one attached hydrogen (secondary N) is 1. The Bertz CT molecular complexity index is 1350. The molecule has 0 bridgehead atoms. The first kappa shape index (κ1) is 25.9. The molecule has 1 fully saturated rings. The van der Waals surface area contributed by atoms with Crippen LogP contribution in [0, 0.1) is 6.92 Å². The summed E-state index contributed by atoms with van der Waals surface area (Å²) in [7, 11) is 0. The smallest absolute Gasteiger partial charge is 0.270 e. The highest BCUT2D eigenvalue weighted by Crippen LogP contribution is 2.33. The summed E-state index contributed by atoms with van der Waals surface area (Å²) in [5.41, 5.74) is 3.42. The van der Waals surface area contributed by atoms with E-state index in [2.05, 4.69) is 56.6 Å². The number of halogens is 1. The van der Waals surface area contributed by atoms with Gasteiger partial charge < -0.3 is 10.2 Å². The average molecular weight is 553 g/mol. The van der Waals surface area contributed by atoms with Gasteiger partial charge in [0.15, 0.2) is 11.0 Å². The summed E-state index contributed by atoms with van der Waals surface area (Å²) in [5, 5.41) is 16.0. The Balaban J connectivity index is 1.27. The lowest BCUT2D eigenvalue weighted by Gasteiger charge is -2.26. The molecule has 192 valence electrons. The summed E-state index contributed by atoms with van der Waals surface area (Å²) >= 11 is 9.53. The molecule has 0 saturated carbocycles. The number of carbonyl (C=O) groups excluding carboxylic acids is 1. The standard InChI is InChI=1S/C27H29ClN6OS2/c1-19-9-11-20(12-10-19)34-25(21-7-3-4-8-22(21)28)31-32-27(34)37-18-24-30-23(17-36-24)26(35)29-13-16-33-14-5-2-6-15-33/h3-4,7-12,17H,2,5-6,13-16,18H2,1H3,(H,29,35). The molecule has 2 aromatic heterocycles. The van der Waals surface area contributed by atoms with Crippen LogP contribution in [-0.2, 0) is 5.75 Å². The van der Waals surface area contributed by atoms with Crippen molar-refractivity contribution < 1.29 is 4.79 Å². The van der Waals surface area contributed by atoms with Gasteiger partial charge in [0.05, 0.1) is 10.8 Å².